The van der Waals surface area contributed by atoms with Crippen molar-refractivity contribution in [2.45, 2.75) is 26.3 Å². The minimum Gasteiger partial charge on any atom is -0.368 e. The molecule has 2 rings (SSSR count). The maximum absolute atomic E-state index is 6.11. The molecule has 0 radical (unpaired) electrons. The lowest BCUT2D eigenvalue weighted by atomic mass is 10.0. The van der Waals surface area contributed by atoms with E-state index in [2.05, 4.69) is 39.9 Å². The lowest BCUT2D eigenvalue weighted by Crippen LogP contribution is -2.45. The van der Waals surface area contributed by atoms with Crippen LogP contribution < -0.4 is 4.90 Å². The molecular weight excluding hydrogens is 261 g/mol. The predicted molar refractivity (Wildman–Crippen MR) is 65.3 cm³/mol. The number of halogens is 2. The fourth-order valence-corrected chi connectivity index (χ4v) is 2.57. The van der Waals surface area contributed by atoms with Gasteiger partial charge in [-0.1, -0.05) is 11.6 Å². The molecule has 1 atom stereocenters. The molecule has 0 saturated carbocycles. The summed E-state index contributed by atoms with van der Waals surface area (Å²) in [7, 11) is 0. The van der Waals surface area contributed by atoms with E-state index in [1.165, 1.54) is 12.1 Å². The molecule has 1 aliphatic rings. The molecule has 1 unspecified atom stereocenters. The average Bonchev–Trinajstić information content (AvgIpc) is 2.12. The zero-order valence-corrected chi connectivity index (χ0v) is 10.7. The molecule has 1 heterocycles. The Morgan fingerprint density at radius 2 is 2.21 bits per heavy atom. The third-order valence-electron chi connectivity index (χ3n) is 2.86. The van der Waals surface area contributed by atoms with Crippen LogP contribution in [-0.2, 0) is 0 Å². The number of rotatable bonds is 1. The van der Waals surface area contributed by atoms with Crippen molar-refractivity contribution in [1.29, 1.82) is 0 Å². The molecule has 1 fully saturated rings. The number of benzene rings is 1. The minimum absolute atomic E-state index is 0.644. The van der Waals surface area contributed by atoms with Gasteiger partial charge in [0.1, 0.15) is 0 Å². The summed E-state index contributed by atoms with van der Waals surface area (Å²) in [4.78, 5) is 2.37. The SMILES string of the molecule is Cc1cc(Br)c(N2CCC2C)cc1Cl. The summed E-state index contributed by atoms with van der Waals surface area (Å²) in [5, 5.41) is 0.849. The summed E-state index contributed by atoms with van der Waals surface area (Å²) in [6, 6.07) is 4.78. The maximum Gasteiger partial charge on any atom is 0.0528 e. The molecule has 76 valence electrons. The topological polar surface area (TPSA) is 3.24 Å². The fourth-order valence-electron chi connectivity index (χ4n) is 1.73. The minimum atomic E-state index is 0.644. The van der Waals surface area contributed by atoms with Gasteiger partial charge >= 0.3 is 0 Å². The van der Waals surface area contributed by atoms with Gasteiger partial charge in [0.2, 0.25) is 0 Å². The second-order valence-corrected chi connectivity index (χ2v) is 5.15. The van der Waals surface area contributed by atoms with Gasteiger partial charge in [-0.3, -0.25) is 0 Å². The molecule has 3 heteroatoms. The molecule has 0 amide bonds. The van der Waals surface area contributed by atoms with Crippen LogP contribution in [0.4, 0.5) is 5.69 Å². The highest BCUT2D eigenvalue weighted by molar-refractivity contribution is 9.10. The van der Waals surface area contributed by atoms with Gasteiger partial charge in [0.25, 0.3) is 0 Å². The predicted octanol–water partition coefficient (Wildman–Crippen LogP) is 4.01. The first-order chi connectivity index (χ1) is 6.59. The first kappa shape index (κ1) is 10.3. The van der Waals surface area contributed by atoms with Crippen molar-refractivity contribution in [3.8, 4) is 0 Å². The van der Waals surface area contributed by atoms with Gasteiger partial charge in [-0.25, -0.2) is 0 Å². The van der Waals surface area contributed by atoms with E-state index >= 15 is 0 Å². The van der Waals surface area contributed by atoms with Crippen molar-refractivity contribution in [2.24, 2.45) is 0 Å². The molecule has 0 N–H and O–H groups in total. The van der Waals surface area contributed by atoms with E-state index in [1.54, 1.807) is 0 Å². The first-order valence-electron chi connectivity index (χ1n) is 4.82. The Kier molecular flexibility index (Phi) is 2.76. The molecule has 1 aliphatic heterocycles. The summed E-state index contributed by atoms with van der Waals surface area (Å²) < 4.78 is 1.14. The van der Waals surface area contributed by atoms with Crippen LogP contribution in [0.25, 0.3) is 0 Å². The Morgan fingerprint density at radius 3 is 2.71 bits per heavy atom. The van der Waals surface area contributed by atoms with Crippen LogP contribution in [-0.4, -0.2) is 12.6 Å². The van der Waals surface area contributed by atoms with Crippen molar-refractivity contribution in [3.63, 3.8) is 0 Å². The largest absolute Gasteiger partial charge is 0.368 e. The molecule has 0 aliphatic carbocycles. The Labute approximate surface area is 98.2 Å². The Morgan fingerprint density at radius 1 is 1.50 bits per heavy atom. The lowest BCUT2D eigenvalue weighted by Gasteiger charge is -2.41. The number of nitrogens with zero attached hydrogens (tertiary/aromatic N) is 1. The van der Waals surface area contributed by atoms with Crippen molar-refractivity contribution in [2.75, 3.05) is 11.4 Å². The van der Waals surface area contributed by atoms with Crippen LogP contribution in [0.3, 0.4) is 0 Å². The summed E-state index contributed by atoms with van der Waals surface area (Å²) in [5.74, 6) is 0. The van der Waals surface area contributed by atoms with Gasteiger partial charge < -0.3 is 4.90 Å². The second kappa shape index (κ2) is 3.74. The van der Waals surface area contributed by atoms with E-state index in [1.807, 2.05) is 6.92 Å². The van der Waals surface area contributed by atoms with Crippen molar-refractivity contribution >= 4 is 33.2 Å². The summed E-state index contributed by atoms with van der Waals surface area (Å²) in [5.41, 5.74) is 2.34. The van der Waals surface area contributed by atoms with Gasteiger partial charge in [-0.2, -0.15) is 0 Å². The molecule has 0 aromatic heterocycles. The van der Waals surface area contributed by atoms with Crippen molar-refractivity contribution in [1.82, 2.24) is 0 Å². The molecule has 1 aromatic carbocycles. The highest BCUT2D eigenvalue weighted by Crippen LogP contribution is 2.36. The fraction of sp³-hybridized carbons (Fsp3) is 0.455. The van der Waals surface area contributed by atoms with E-state index < -0.39 is 0 Å². The standard InChI is InChI=1S/C11H13BrClN/c1-7-5-9(12)11(6-10(7)13)14-4-3-8(14)2/h5-6,8H,3-4H2,1-2H3. The molecule has 0 bridgehead atoms. The van der Waals surface area contributed by atoms with E-state index in [4.69, 9.17) is 11.6 Å². The summed E-state index contributed by atoms with van der Waals surface area (Å²) >= 11 is 9.69. The van der Waals surface area contributed by atoms with Gasteiger partial charge in [-0.15, -0.1) is 0 Å². The number of hydrogen-bond donors (Lipinski definition) is 0. The quantitative estimate of drug-likeness (QED) is 0.748. The molecule has 0 spiro atoms. The zero-order chi connectivity index (χ0) is 10.3. The zero-order valence-electron chi connectivity index (χ0n) is 8.35. The maximum atomic E-state index is 6.11. The monoisotopic (exact) mass is 273 g/mol. The van der Waals surface area contributed by atoms with Crippen molar-refractivity contribution < 1.29 is 0 Å². The van der Waals surface area contributed by atoms with Crippen LogP contribution in [0.15, 0.2) is 16.6 Å². The lowest BCUT2D eigenvalue weighted by molar-refractivity contribution is 0.480. The van der Waals surface area contributed by atoms with Gasteiger partial charge in [0, 0.05) is 22.1 Å². The van der Waals surface area contributed by atoms with Gasteiger partial charge in [0.15, 0.2) is 0 Å². The van der Waals surface area contributed by atoms with Gasteiger partial charge in [0.05, 0.1) is 5.69 Å². The Bertz CT molecular complexity index is 365. The number of aryl methyl sites for hydroxylation is 1. The van der Waals surface area contributed by atoms with Gasteiger partial charge in [-0.05, 0) is 53.9 Å². The highest BCUT2D eigenvalue weighted by atomic mass is 79.9. The molecule has 1 aromatic rings. The molecule has 14 heavy (non-hydrogen) atoms. The molecule has 1 nitrogen and oxygen atoms in total. The van der Waals surface area contributed by atoms with Crippen LogP contribution in [0.2, 0.25) is 5.02 Å². The number of hydrogen-bond acceptors (Lipinski definition) is 1. The van der Waals surface area contributed by atoms with Crippen LogP contribution in [0.5, 0.6) is 0 Å². The Balaban J connectivity index is 2.38. The first-order valence-corrected chi connectivity index (χ1v) is 5.99. The average molecular weight is 275 g/mol. The van der Waals surface area contributed by atoms with Crippen LogP contribution >= 0.6 is 27.5 Å². The highest BCUT2D eigenvalue weighted by Gasteiger charge is 2.25. The van der Waals surface area contributed by atoms with E-state index in [0.717, 1.165) is 21.6 Å². The van der Waals surface area contributed by atoms with Crippen LogP contribution in [0.1, 0.15) is 18.9 Å². The normalized spacial score (nSPS) is 20.9. The van der Waals surface area contributed by atoms with E-state index in [0.29, 0.717) is 6.04 Å². The van der Waals surface area contributed by atoms with Crippen LogP contribution in [0, 0.1) is 6.92 Å². The van der Waals surface area contributed by atoms with E-state index in [9.17, 15) is 0 Å². The molecular formula is C11H13BrClN. The van der Waals surface area contributed by atoms with Crippen molar-refractivity contribution in [3.05, 3.63) is 27.2 Å². The second-order valence-electron chi connectivity index (χ2n) is 3.88. The smallest absolute Gasteiger partial charge is 0.0528 e. The Hall–Kier alpha value is -0.210. The third-order valence-corrected chi connectivity index (χ3v) is 3.90. The summed E-state index contributed by atoms with van der Waals surface area (Å²) in [6.45, 7) is 5.40. The summed E-state index contributed by atoms with van der Waals surface area (Å²) in [6.07, 6.45) is 1.28. The third kappa shape index (κ3) is 1.66. The number of anilines is 1. The van der Waals surface area contributed by atoms with E-state index in [-0.39, 0.29) is 0 Å². The molecule has 1 saturated heterocycles.